The van der Waals surface area contributed by atoms with Gasteiger partial charge in [0.25, 0.3) is 0 Å². The van der Waals surface area contributed by atoms with Gasteiger partial charge in [-0.2, -0.15) is 5.10 Å². The summed E-state index contributed by atoms with van der Waals surface area (Å²) in [5, 5.41) is 6.36. The number of nitrogens with zero attached hydrogens (tertiary/aromatic N) is 2. The summed E-state index contributed by atoms with van der Waals surface area (Å²) in [6.07, 6.45) is 2.99. The number of rotatable bonds is 5. The first-order valence-corrected chi connectivity index (χ1v) is 7.84. The van der Waals surface area contributed by atoms with Gasteiger partial charge in [0, 0.05) is 12.7 Å². The highest BCUT2D eigenvalue weighted by molar-refractivity contribution is 7.88. The van der Waals surface area contributed by atoms with Gasteiger partial charge >= 0.3 is 0 Å². The Morgan fingerprint density at radius 2 is 2.29 bits per heavy atom. The van der Waals surface area contributed by atoms with Gasteiger partial charge in [0.15, 0.2) is 0 Å². The summed E-state index contributed by atoms with van der Waals surface area (Å²) in [5.74, 6) is 0. The fourth-order valence-electron chi connectivity index (χ4n) is 1.39. The van der Waals surface area contributed by atoms with Crippen molar-refractivity contribution in [1.82, 2.24) is 14.5 Å². The number of aromatic nitrogens is 2. The molecule has 0 aliphatic rings. The van der Waals surface area contributed by atoms with Crippen molar-refractivity contribution in [2.75, 3.05) is 12.8 Å². The third kappa shape index (κ3) is 3.65. The predicted octanol–water partition coefficient (Wildman–Crippen LogP) is 1.16. The average Bonchev–Trinajstić information content (AvgIpc) is 2.83. The van der Waals surface area contributed by atoms with Crippen molar-refractivity contribution in [3.8, 4) is 10.6 Å². The number of nitrogens with one attached hydrogen (secondary N) is 1. The lowest BCUT2D eigenvalue weighted by Gasteiger charge is -2.02. The Balaban J connectivity index is 1.95. The second-order valence-electron chi connectivity index (χ2n) is 3.61. The maximum absolute atomic E-state index is 10.9. The van der Waals surface area contributed by atoms with Crippen LogP contribution in [0.25, 0.3) is 10.6 Å². The van der Waals surface area contributed by atoms with E-state index in [1.54, 1.807) is 16.0 Å². The zero-order valence-corrected chi connectivity index (χ0v) is 11.0. The molecule has 1 N–H and O–H groups in total. The molecule has 0 unspecified atom stereocenters. The summed E-state index contributed by atoms with van der Waals surface area (Å²) in [6, 6.07) is 5.91. The largest absolute Gasteiger partial charge is 0.271 e. The van der Waals surface area contributed by atoms with Crippen molar-refractivity contribution in [3.05, 3.63) is 29.8 Å². The first-order chi connectivity index (χ1) is 8.04. The lowest BCUT2D eigenvalue weighted by Crippen LogP contribution is -2.26. The minimum absolute atomic E-state index is 0.352. The smallest absolute Gasteiger partial charge is 0.208 e. The highest BCUT2D eigenvalue weighted by Gasteiger charge is 2.04. The molecule has 2 aromatic heterocycles. The van der Waals surface area contributed by atoms with E-state index < -0.39 is 10.0 Å². The van der Waals surface area contributed by atoms with Gasteiger partial charge < -0.3 is 0 Å². The van der Waals surface area contributed by atoms with E-state index in [0.717, 1.165) is 16.8 Å². The highest BCUT2D eigenvalue weighted by atomic mass is 32.2. The molecular weight excluding hydrogens is 258 g/mol. The Hall–Kier alpha value is -1.18. The average molecular weight is 271 g/mol. The molecule has 0 radical (unpaired) electrons. The topological polar surface area (TPSA) is 64.0 Å². The van der Waals surface area contributed by atoms with Crippen molar-refractivity contribution < 1.29 is 8.42 Å². The molecule has 2 heterocycles. The zero-order chi connectivity index (χ0) is 12.3. The summed E-state index contributed by atoms with van der Waals surface area (Å²) in [4.78, 5) is 1.11. The van der Waals surface area contributed by atoms with Crippen LogP contribution in [0.4, 0.5) is 0 Å². The maximum Gasteiger partial charge on any atom is 0.208 e. The van der Waals surface area contributed by atoms with Gasteiger partial charge in [0.05, 0.1) is 17.7 Å². The number of sulfonamides is 1. The minimum Gasteiger partial charge on any atom is -0.271 e. The van der Waals surface area contributed by atoms with Crippen LogP contribution in [-0.4, -0.2) is 31.0 Å². The Bertz CT molecular complexity index is 572. The molecule has 0 aromatic carbocycles. The van der Waals surface area contributed by atoms with Crippen LogP contribution in [0.3, 0.4) is 0 Å². The molecule has 17 heavy (non-hydrogen) atoms. The van der Waals surface area contributed by atoms with Gasteiger partial charge in [-0.1, -0.05) is 6.07 Å². The van der Waals surface area contributed by atoms with Crippen molar-refractivity contribution in [2.45, 2.75) is 6.54 Å². The number of hydrogen-bond acceptors (Lipinski definition) is 4. The van der Waals surface area contributed by atoms with Crippen LogP contribution in [0.1, 0.15) is 0 Å². The van der Waals surface area contributed by atoms with Gasteiger partial charge in [0.1, 0.15) is 5.69 Å². The molecule has 2 aromatic rings. The Morgan fingerprint density at radius 1 is 1.47 bits per heavy atom. The molecule has 0 bridgehead atoms. The van der Waals surface area contributed by atoms with Crippen LogP contribution >= 0.6 is 11.3 Å². The van der Waals surface area contributed by atoms with E-state index in [0.29, 0.717) is 13.1 Å². The third-order valence-corrected chi connectivity index (χ3v) is 3.74. The van der Waals surface area contributed by atoms with E-state index in [2.05, 4.69) is 9.82 Å². The van der Waals surface area contributed by atoms with Gasteiger partial charge in [-0.3, -0.25) is 4.68 Å². The van der Waals surface area contributed by atoms with E-state index in [9.17, 15) is 8.42 Å². The molecule has 2 rings (SSSR count). The van der Waals surface area contributed by atoms with Crippen LogP contribution in [0.5, 0.6) is 0 Å². The Morgan fingerprint density at radius 3 is 2.94 bits per heavy atom. The van der Waals surface area contributed by atoms with Crippen LogP contribution in [-0.2, 0) is 16.6 Å². The summed E-state index contributed by atoms with van der Waals surface area (Å²) in [6.45, 7) is 0.878. The molecule has 92 valence electrons. The van der Waals surface area contributed by atoms with Crippen molar-refractivity contribution in [1.29, 1.82) is 0 Å². The van der Waals surface area contributed by atoms with E-state index >= 15 is 0 Å². The fourth-order valence-corrected chi connectivity index (χ4v) is 2.54. The molecule has 0 amide bonds. The van der Waals surface area contributed by atoms with Gasteiger partial charge in [0.2, 0.25) is 10.0 Å². The SMILES string of the molecule is CS(=O)(=O)NCCn1ccc(-c2cccs2)n1. The standard InChI is InChI=1S/C10H13N3O2S2/c1-17(14,15)11-5-7-13-6-4-9(12-13)10-3-2-8-16-10/h2-4,6,8,11H,5,7H2,1H3. The van der Waals surface area contributed by atoms with Crippen LogP contribution in [0.2, 0.25) is 0 Å². The van der Waals surface area contributed by atoms with Crippen molar-refractivity contribution >= 4 is 21.4 Å². The Labute approximate surface area is 104 Å². The molecule has 0 saturated carbocycles. The summed E-state index contributed by atoms with van der Waals surface area (Å²) in [7, 11) is -3.12. The molecular formula is C10H13N3O2S2. The lowest BCUT2D eigenvalue weighted by molar-refractivity contribution is 0.566. The predicted molar refractivity (Wildman–Crippen MR) is 68.4 cm³/mol. The minimum atomic E-state index is -3.12. The van der Waals surface area contributed by atoms with Crippen molar-refractivity contribution in [3.63, 3.8) is 0 Å². The van der Waals surface area contributed by atoms with E-state index in [1.807, 2.05) is 29.8 Å². The van der Waals surface area contributed by atoms with E-state index in [-0.39, 0.29) is 0 Å². The first-order valence-electron chi connectivity index (χ1n) is 5.06. The normalized spacial score (nSPS) is 11.8. The molecule has 7 heteroatoms. The molecule has 0 atom stereocenters. The number of hydrogen-bond donors (Lipinski definition) is 1. The molecule has 0 aliphatic carbocycles. The van der Waals surface area contributed by atoms with Crippen molar-refractivity contribution in [2.24, 2.45) is 0 Å². The van der Waals surface area contributed by atoms with Gasteiger partial charge in [-0.25, -0.2) is 13.1 Å². The summed E-state index contributed by atoms with van der Waals surface area (Å²) >= 11 is 1.63. The monoisotopic (exact) mass is 271 g/mol. The second-order valence-corrected chi connectivity index (χ2v) is 6.39. The highest BCUT2D eigenvalue weighted by Crippen LogP contribution is 2.22. The zero-order valence-electron chi connectivity index (χ0n) is 9.33. The molecule has 0 saturated heterocycles. The molecule has 5 nitrogen and oxygen atoms in total. The van der Waals surface area contributed by atoms with E-state index in [4.69, 9.17) is 0 Å². The fraction of sp³-hybridized carbons (Fsp3) is 0.300. The van der Waals surface area contributed by atoms with Gasteiger partial charge in [-0.05, 0) is 17.5 Å². The van der Waals surface area contributed by atoms with Crippen LogP contribution in [0, 0.1) is 0 Å². The lowest BCUT2D eigenvalue weighted by atomic mass is 10.3. The summed E-state index contributed by atoms with van der Waals surface area (Å²) < 4.78 is 25.9. The second kappa shape index (κ2) is 4.99. The maximum atomic E-state index is 10.9. The molecule has 0 fully saturated rings. The Kier molecular flexibility index (Phi) is 3.60. The van der Waals surface area contributed by atoms with E-state index in [1.165, 1.54) is 0 Å². The molecule has 0 spiro atoms. The van der Waals surface area contributed by atoms with Crippen LogP contribution < -0.4 is 4.72 Å². The third-order valence-electron chi connectivity index (χ3n) is 2.12. The first kappa shape index (κ1) is 12.3. The molecule has 0 aliphatic heterocycles. The van der Waals surface area contributed by atoms with Gasteiger partial charge in [-0.15, -0.1) is 11.3 Å². The quantitative estimate of drug-likeness (QED) is 0.887. The number of thiophene rings is 1. The summed E-state index contributed by atoms with van der Waals surface area (Å²) in [5.41, 5.74) is 0.916. The van der Waals surface area contributed by atoms with Crippen LogP contribution in [0.15, 0.2) is 29.8 Å².